The van der Waals surface area contributed by atoms with Crippen molar-refractivity contribution in [1.82, 2.24) is 4.31 Å². The molecule has 9 heteroatoms. The summed E-state index contributed by atoms with van der Waals surface area (Å²) in [5.74, 6) is -0.918. The van der Waals surface area contributed by atoms with Gasteiger partial charge in [0, 0.05) is 24.8 Å². The number of carbonyl (C=O) groups excluding carboxylic acids is 2. The van der Waals surface area contributed by atoms with Crippen molar-refractivity contribution in [2.45, 2.75) is 37.6 Å². The Balaban J connectivity index is 1.77. The van der Waals surface area contributed by atoms with Crippen molar-refractivity contribution >= 4 is 27.5 Å². The molecule has 2 aromatic rings. The van der Waals surface area contributed by atoms with Crippen LogP contribution in [-0.2, 0) is 21.4 Å². The second-order valence-corrected chi connectivity index (χ2v) is 9.06. The monoisotopic (exact) mass is 417 g/mol. The van der Waals surface area contributed by atoms with Crippen LogP contribution < -0.4 is 15.6 Å². The van der Waals surface area contributed by atoms with Crippen LogP contribution in [0.2, 0.25) is 0 Å². The second-order valence-electron chi connectivity index (χ2n) is 7.12. The Labute approximate surface area is 170 Å². The van der Waals surface area contributed by atoms with Crippen LogP contribution in [0.4, 0.5) is 5.69 Å². The van der Waals surface area contributed by atoms with Crippen molar-refractivity contribution in [3.63, 3.8) is 0 Å². The zero-order valence-corrected chi connectivity index (χ0v) is 17.1. The Bertz CT molecular complexity index is 1030. The van der Waals surface area contributed by atoms with Gasteiger partial charge in [0.05, 0.1) is 4.90 Å². The number of aromatic nitrogens is 1. The van der Waals surface area contributed by atoms with Crippen molar-refractivity contribution < 1.29 is 22.6 Å². The van der Waals surface area contributed by atoms with Gasteiger partial charge >= 0.3 is 0 Å². The van der Waals surface area contributed by atoms with E-state index in [9.17, 15) is 18.0 Å². The molecule has 154 valence electrons. The molecule has 1 aromatic carbocycles. The minimum atomic E-state index is -3.59. The number of hydrogen-bond donors (Lipinski definition) is 2. The van der Waals surface area contributed by atoms with Crippen molar-refractivity contribution in [3.8, 4) is 0 Å². The largest absolute Gasteiger partial charge is 0.365 e. The van der Waals surface area contributed by atoms with E-state index in [2.05, 4.69) is 5.32 Å². The van der Waals surface area contributed by atoms with Crippen LogP contribution in [0.3, 0.4) is 0 Å². The van der Waals surface area contributed by atoms with Gasteiger partial charge in [-0.25, -0.2) is 8.42 Å². The molecule has 2 heterocycles. The van der Waals surface area contributed by atoms with Crippen LogP contribution in [0.5, 0.6) is 0 Å². The SMILES string of the molecule is Cc1ccc(S(=O)(=O)N2CCCCC2)cc1NC(=O)C[n+]1cccc(C(N)=O)c1. The van der Waals surface area contributed by atoms with E-state index >= 15 is 0 Å². The third-order valence-corrected chi connectivity index (χ3v) is 6.80. The molecule has 29 heavy (non-hydrogen) atoms. The normalized spacial score (nSPS) is 15.1. The average molecular weight is 418 g/mol. The summed E-state index contributed by atoms with van der Waals surface area (Å²) in [6, 6.07) is 7.95. The van der Waals surface area contributed by atoms with Gasteiger partial charge in [-0.05, 0) is 43.5 Å². The standard InChI is InChI=1S/C20H24N4O4S/c1-15-7-8-17(29(27,28)24-10-3-2-4-11-24)12-18(15)22-19(25)14-23-9-5-6-16(13-23)20(21)26/h5-9,12-13H,2-4,10-11,14H2,1H3,(H2-,21,22,25,26)/p+1. The molecular formula is C20H25N4O4S+. The summed E-state index contributed by atoms with van der Waals surface area (Å²) in [4.78, 5) is 23.9. The first-order valence-corrected chi connectivity index (χ1v) is 10.9. The van der Waals surface area contributed by atoms with Crippen LogP contribution >= 0.6 is 0 Å². The molecule has 3 rings (SSSR count). The number of aryl methyl sites for hydroxylation is 1. The highest BCUT2D eigenvalue weighted by molar-refractivity contribution is 7.89. The van der Waals surface area contributed by atoms with Crippen molar-refractivity contribution in [3.05, 3.63) is 53.9 Å². The van der Waals surface area contributed by atoms with Gasteiger partial charge in [0.1, 0.15) is 5.56 Å². The smallest absolute Gasteiger partial charge is 0.290 e. The first-order chi connectivity index (χ1) is 13.8. The zero-order chi connectivity index (χ0) is 21.0. The number of nitrogens with zero attached hydrogens (tertiary/aromatic N) is 2. The first kappa shape index (κ1) is 20.9. The lowest BCUT2D eigenvalue weighted by atomic mass is 10.2. The zero-order valence-electron chi connectivity index (χ0n) is 16.3. The molecule has 0 saturated carbocycles. The Morgan fingerprint density at radius 1 is 1.17 bits per heavy atom. The predicted octanol–water partition coefficient (Wildman–Crippen LogP) is 1.19. The topological polar surface area (TPSA) is 113 Å². The number of benzene rings is 1. The van der Waals surface area contributed by atoms with Gasteiger partial charge < -0.3 is 11.1 Å². The number of nitrogens with two attached hydrogens (primary N) is 1. The van der Waals surface area contributed by atoms with E-state index in [1.807, 2.05) is 0 Å². The van der Waals surface area contributed by atoms with Crippen LogP contribution in [0.25, 0.3) is 0 Å². The minimum Gasteiger partial charge on any atom is -0.365 e. The number of pyridine rings is 1. The maximum absolute atomic E-state index is 12.9. The number of sulfonamides is 1. The maximum Gasteiger partial charge on any atom is 0.290 e. The van der Waals surface area contributed by atoms with E-state index in [1.54, 1.807) is 42.0 Å². The highest BCUT2D eigenvalue weighted by atomic mass is 32.2. The number of piperidine rings is 1. The summed E-state index contributed by atoms with van der Waals surface area (Å²) in [5, 5.41) is 2.76. The molecule has 2 amide bonds. The van der Waals surface area contributed by atoms with Crippen LogP contribution in [-0.4, -0.2) is 37.6 Å². The molecule has 0 aliphatic carbocycles. The van der Waals surface area contributed by atoms with Gasteiger partial charge in [0.15, 0.2) is 12.4 Å². The average Bonchev–Trinajstić information content (AvgIpc) is 2.70. The number of hydrogen-bond acceptors (Lipinski definition) is 4. The molecule has 1 saturated heterocycles. The van der Waals surface area contributed by atoms with Crippen molar-refractivity contribution in [1.29, 1.82) is 0 Å². The number of amides is 2. The molecular weight excluding hydrogens is 392 g/mol. The fraction of sp³-hybridized carbons (Fsp3) is 0.350. The third-order valence-electron chi connectivity index (χ3n) is 4.90. The lowest BCUT2D eigenvalue weighted by Crippen LogP contribution is -2.40. The van der Waals surface area contributed by atoms with Crippen molar-refractivity contribution in [2.24, 2.45) is 5.73 Å². The van der Waals surface area contributed by atoms with Crippen LogP contribution in [0.1, 0.15) is 35.2 Å². The molecule has 8 nitrogen and oxygen atoms in total. The number of anilines is 1. The Hall–Kier alpha value is -2.78. The van der Waals surface area contributed by atoms with Gasteiger partial charge in [-0.2, -0.15) is 8.87 Å². The second kappa shape index (κ2) is 8.71. The molecule has 0 atom stereocenters. The van der Waals surface area contributed by atoms with E-state index in [4.69, 9.17) is 5.73 Å². The van der Waals surface area contributed by atoms with Gasteiger partial charge in [-0.15, -0.1) is 0 Å². The number of primary amides is 1. The highest BCUT2D eigenvalue weighted by Gasteiger charge is 2.26. The maximum atomic E-state index is 12.9. The molecule has 0 bridgehead atoms. The van der Waals surface area contributed by atoms with E-state index in [0.717, 1.165) is 24.8 Å². The molecule has 3 N–H and O–H groups in total. The Kier molecular flexibility index (Phi) is 6.29. The lowest BCUT2D eigenvalue weighted by molar-refractivity contribution is -0.684. The molecule has 1 fully saturated rings. The Morgan fingerprint density at radius 3 is 2.59 bits per heavy atom. The third kappa shape index (κ3) is 4.99. The van der Waals surface area contributed by atoms with Gasteiger partial charge in [-0.1, -0.05) is 12.5 Å². The molecule has 0 spiro atoms. The summed E-state index contributed by atoms with van der Waals surface area (Å²) in [5.41, 5.74) is 6.76. The van der Waals surface area contributed by atoms with Crippen LogP contribution in [0.15, 0.2) is 47.6 Å². The predicted molar refractivity (Wildman–Crippen MR) is 108 cm³/mol. The molecule has 1 aliphatic heterocycles. The van der Waals surface area contributed by atoms with E-state index < -0.39 is 15.9 Å². The first-order valence-electron chi connectivity index (χ1n) is 9.47. The minimum absolute atomic E-state index is 0.0380. The van der Waals surface area contributed by atoms with Crippen molar-refractivity contribution in [2.75, 3.05) is 18.4 Å². The summed E-state index contributed by atoms with van der Waals surface area (Å²) >= 11 is 0. The Morgan fingerprint density at radius 2 is 1.90 bits per heavy atom. The number of carbonyl (C=O) groups is 2. The summed E-state index contributed by atoms with van der Waals surface area (Å²) in [6.45, 7) is 2.80. The molecule has 1 aliphatic rings. The quantitative estimate of drug-likeness (QED) is 0.688. The van der Waals surface area contributed by atoms with E-state index in [0.29, 0.717) is 24.3 Å². The summed E-state index contributed by atoms with van der Waals surface area (Å²) < 4.78 is 28.8. The lowest BCUT2D eigenvalue weighted by Gasteiger charge is -2.26. The summed E-state index contributed by atoms with van der Waals surface area (Å²) in [7, 11) is -3.59. The molecule has 0 radical (unpaired) electrons. The van der Waals surface area contributed by atoms with Gasteiger partial charge in [0.2, 0.25) is 16.6 Å². The van der Waals surface area contributed by atoms with Gasteiger partial charge in [0.25, 0.3) is 11.8 Å². The molecule has 1 aromatic heterocycles. The summed E-state index contributed by atoms with van der Waals surface area (Å²) in [6.07, 6.45) is 5.89. The molecule has 0 unspecified atom stereocenters. The fourth-order valence-electron chi connectivity index (χ4n) is 3.27. The van der Waals surface area contributed by atoms with Crippen LogP contribution in [0, 0.1) is 6.92 Å². The highest BCUT2D eigenvalue weighted by Crippen LogP contribution is 2.25. The van der Waals surface area contributed by atoms with E-state index in [1.165, 1.54) is 16.6 Å². The number of nitrogens with one attached hydrogen (secondary N) is 1. The fourth-order valence-corrected chi connectivity index (χ4v) is 4.82. The number of rotatable bonds is 6. The van der Waals surface area contributed by atoms with E-state index in [-0.39, 0.29) is 17.3 Å². The van der Waals surface area contributed by atoms with Gasteiger partial charge in [-0.3, -0.25) is 9.59 Å².